The van der Waals surface area contributed by atoms with Gasteiger partial charge in [0.25, 0.3) is 0 Å². The van der Waals surface area contributed by atoms with E-state index in [0.29, 0.717) is 5.82 Å². The van der Waals surface area contributed by atoms with Gasteiger partial charge in [0.2, 0.25) is 0 Å². The second-order valence-corrected chi connectivity index (χ2v) is 11.9. The van der Waals surface area contributed by atoms with Gasteiger partial charge in [0, 0.05) is 17.8 Å². The molecule has 7 heteroatoms. The summed E-state index contributed by atoms with van der Waals surface area (Å²) in [5.74, 6) is 1.14. The van der Waals surface area contributed by atoms with Crippen molar-refractivity contribution in [3.05, 3.63) is 64.3 Å². The van der Waals surface area contributed by atoms with E-state index in [4.69, 9.17) is 25.3 Å². The van der Waals surface area contributed by atoms with Crippen LogP contribution in [-0.2, 0) is 35.3 Å². The number of benzene rings is 2. The van der Waals surface area contributed by atoms with Gasteiger partial charge in [-0.25, -0.2) is 4.98 Å². The number of nitrogens with zero attached hydrogens (tertiary/aromatic N) is 1. The molecule has 0 fully saturated rings. The maximum absolute atomic E-state index is 12.8. The quantitative estimate of drug-likeness (QED) is 0.361. The zero-order valence-corrected chi connectivity index (χ0v) is 24.7. The molecule has 0 radical (unpaired) electrons. The van der Waals surface area contributed by atoms with Crippen LogP contribution in [0.4, 0.5) is 5.82 Å². The maximum atomic E-state index is 12.8. The summed E-state index contributed by atoms with van der Waals surface area (Å²) in [6, 6.07) is 12.8. The third-order valence-corrected chi connectivity index (χ3v) is 6.80. The van der Waals surface area contributed by atoms with Gasteiger partial charge in [0.1, 0.15) is 11.6 Å². The fourth-order valence-electron chi connectivity index (χ4n) is 5.19. The molecule has 40 heavy (non-hydrogen) atoms. The zero-order valence-electron chi connectivity index (χ0n) is 24.7. The molecule has 0 unspecified atom stereocenters. The highest BCUT2D eigenvalue weighted by Gasteiger charge is 2.24. The number of fused-ring (bicyclic) bond motifs is 2. The summed E-state index contributed by atoms with van der Waals surface area (Å²) in [6.07, 6.45) is 2.90. The number of carbonyl (C=O) groups excluding carboxylic acids is 1. The lowest BCUT2D eigenvalue weighted by Gasteiger charge is -2.23. The van der Waals surface area contributed by atoms with E-state index in [1.165, 1.54) is 16.7 Å². The van der Waals surface area contributed by atoms with Crippen LogP contribution in [0.25, 0.3) is 22.3 Å². The smallest absolute Gasteiger partial charge is 0.310 e. The van der Waals surface area contributed by atoms with Crippen LogP contribution in [0.3, 0.4) is 0 Å². The Labute approximate surface area is 238 Å². The average Bonchev–Trinajstić information content (AvgIpc) is 2.88. The first-order chi connectivity index (χ1) is 18.9. The second kappa shape index (κ2) is 12.4. The first-order valence-electron chi connectivity index (χ1n) is 14.2. The minimum absolute atomic E-state index is 0.141. The molecule has 4 N–H and O–H groups in total. The summed E-state index contributed by atoms with van der Waals surface area (Å²) in [5, 5.41) is 12.0. The predicted octanol–water partition coefficient (Wildman–Crippen LogP) is 5.55. The molecule has 0 bridgehead atoms. The average molecular weight is 546 g/mol. The summed E-state index contributed by atoms with van der Waals surface area (Å²) in [7, 11) is 0. The molecule has 3 aromatic rings. The normalized spacial score (nSPS) is 14.4. The van der Waals surface area contributed by atoms with E-state index < -0.39 is 5.60 Å². The van der Waals surface area contributed by atoms with Crippen molar-refractivity contribution >= 4 is 11.8 Å². The number of nitrogen functional groups attached to an aromatic ring is 1. The van der Waals surface area contributed by atoms with Crippen LogP contribution in [0.2, 0.25) is 0 Å². The Morgan fingerprint density at radius 1 is 1.07 bits per heavy atom. The number of aryl methyl sites for hydroxylation is 2. The molecule has 0 atom stereocenters. The number of rotatable bonds is 5. The molecule has 214 valence electrons. The molecule has 0 saturated carbocycles. The molecule has 5 rings (SSSR count). The van der Waals surface area contributed by atoms with Crippen LogP contribution >= 0.6 is 0 Å². The van der Waals surface area contributed by atoms with Crippen molar-refractivity contribution in [2.45, 2.75) is 85.5 Å². The van der Waals surface area contributed by atoms with Gasteiger partial charge >= 0.3 is 5.97 Å². The van der Waals surface area contributed by atoms with Crippen LogP contribution < -0.4 is 15.8 Å². The Hall–Kier alpha value is -3.42. The number of carbonyl (C=O) groups is 1. The van der Waals surface area contributed by atoms with Crippen molar-refractivity contribution < 1.29 is 19.4 Å². The van der Waals surface area contributed by atoms with Crippen molar-refractivity contribution in [2.75, 3.05) is 18.9 Å². The number of aromatic nitrogens is 1. The highest BCUT2D eigenvalue weighted by molar-refractivity contribution is 5.94. The molecule has 0 amide bonds. The largest absolute Gasteiger partial charge is 0.493 e. The van der Waals surface area contributed by atoms with Gasteiger partial charge in [-0.2, -0.15) is 0 Å². The summed E-state index contributed by atoms with van der Waals surface area (Å²) >= 11 is 0. The zero-order chi connectivity index (χ0) is 29.0. The summed E-state index contributed by atoms with van der Waals surface area (Å²) in [4.78, 5) is 17.5. The van der Waals surface area contributed by atoms with Crippen LogP contribution in [0, 0.1) is 6.92 Å². The predicted molar refractivity (Wildman–Crippen MR) is 160 cm³/mol. The number of ether oxygens (including phenoxy) is 2. The Morgan fingerprint density at radius 3 is 2.48 bits per heavy atom. The lowest BCUT2D eigenvalue weighted by molar-refractivity contribution is -0.146. The van der Waals surface area contributed by atoms with E-state index in [2.05, 4.69) is 35.6 Å². The van der Waals surface area contributed by atoms with Crippen LogP contribution in [0.15, 0.2) is 36.4 Å². The number of esters is 1. The van der Waals surface area contributed by atoms with Gasteiger partial charge in [-0.15, -0.1) is 0 Å². The summed E-state index contributed by atoms with van der Waals surface area (Å²) in [6.45, 7) is 13.5. The van der Waals surface area contributed by atoms with Gasteiger partial charge in [-0.05, 0) is 118 Å². The number of nitrogens with two attached hydrogens (primary N) is 1. The van der Waals surface area contributed by atoms with Crippen molar-refractivity contribution in [1.29, 1.82) is 0 Å². The van der Waals surface area contributed by atoms with Gasteiger partial charge < -0.3 is 25.6 Å². The second-order valence-electron chi connectivity index (χ2n) is 11.9. The van der Waals surface area contributed by atoms with Crippen molar-refractivity contribution in [3.8, 4) is 28.0 Å². The number of hydrogen-bond acceptors (Lipinski definition) is 7. The number of aliphatic hydroxyl groups is 1. The van der Waals surface area contributed by atoms with Gasteiger partial charge in [0.15, 0.2) is 0 Å². The molecule has 0 saturated heterocycles. The molecule has 7 nitrogen and oxygen atoms in total. The molecule has 2 aliphatic rings. The monoisotopic (exact) mass is 545 g/mol. The Balaban J connectivity index is 0.000000681. The van der Waals surface area contributed by atoms with E-state index in [9.17, 15) is 4.79 Å². The number of anilines is 1. The summed E-state index contributed by atoms with van der Waals surface area (Å²) in [5.41, 5.74) is 15.4. The van der Waals surface area contributed by atoms with Gasteiger partial charge in [-0.3, -0.25) is 4.79 Å². The number of hydrogen-bond donors (Lipinski definition) is 3. The molecular weight excluding hydrogens is 502 g/mol. The molecule has 1 aromatic heterocycles. The number of nitrogens with one attached hydrogen (secondary N) is 1. The fraction of sp³-hybridized carbons (Fsp3) is 0.455. The molecule has 0 spiro atoms. The first kappa shape index (κ1) is 29.6. The third kappa shape index (κ3) is 7.40. The maximum Gasteiger partial charge on any atom is 0.310 e. The fourth-order valence-corrected chi connectivity index (χ4v) is 5.19. The van der Waals surface area contributed by atoms with Gasteiger partial charge in [0.05, 0.1) is 24.7 Å². The standard InChI is InChI=1S/C29H33N3O3.C4H10O/c1-17(2)35-26(33)15-24-18(3)32-29(30)28(22-6-7-23-16-31-11-10-19(23)13-22)27(24)21-8-9-25-20(14-21)5-4-12-34-25;1-4(2,3)5/h6-9,13-14,17,31H,4-5,10-12,15-16H2,1-3H3,(H2,30,32);5H,1-3H3. The Bertz CT molecular complexity index is 1370. The van der Waals surface area contributed by atoms with E-state index in [0.717, 1.165) is 78.2 Å². The highest BCUT2D eigenvalue weighted by atomic mass is 16.5. The Kier molecular flexibility index (Phi) is 9.16. The van der Waals surface area contributed by atoms with Gasteiger partial charge in [-0.1, -0.05) is 24.3 Å². The van der Waals surface area contributed by atoms with Crippen LogP contribution in [-0.4, -0.2) is 40.9 Å². The lowest BCUT2D eigenvalue weighted by atomic mass is 9.86. The molecule has 0 aliphatic carbocycles. The minimum atomic E-state index is -0.500. The van der Waals surface area contributed by atoms with Crippen molar-refractivity contribution in [1.82, 2.24) is 10.3 Å². The molecule has 2 aliphatic heterocycles. The first-order valence-corrected chi connectivity index (χ1v) is 14.2. The van der Waals surface area contributed by atoms with E-state index >= 15 is 0 Å². The Morgan fingerprint density at radius 2 is 1.75 bits per heavy atom. The van der Waals surface area contributed by atoms with E-state index in [1.54, 1.807) is 20.8 Å². The topological polar surface area (TPSA) is 107 Å². The third-order valence-electron chi connectivity index (χ3n) is 6.80. The number of pyridine rings is 1. The van der Waals surface area contributed by atoms with Crippen LogP contribution in [0.1, 0.15) is 69.0 Å². The SMILES string of the molecule is CC(C)(C)O.Cc1nc(N)c(-c2ccc3c(c2)CCNC3)c(-c2ccc3c(c2)CCCO3)c1CC(=O)OC(C)C. The van der Waals surface area contributed by atoms with Crippen molar-refractivity contribution in [2.24, 2.45) is 0 Å². The molecular formula is C33H43N3O4. The molecule has 2 aromatic carbocycles. The lowest BCUT2D eigenvalue weighted by Crippen LogP contribution is -2.23. The van der Waals surface area contributed by atoms with E-state index in [-0.39, 0.29) is 18.5 Å². The highest BCUT2D eigenvalue weighted by Crippen LogP contribution is 2.42. The molecule has 3 heterocycles. The van der Waals surface area contributed by atoms with Crippen molar-refractivity contribution in [3.63, 3.8) is 0 Å². The minimum Gasteiger partial charge on any atom is -0.493 e. The van der Waals surface area contributed by atoms with E-state index in [1.807, 2.05) is 26.8 Å². The summed E-state index contributed by atoms with van der Waals surface area (Å²) < 4.78 is 11.4. The van der Waals surface area contributed by atoms with Crippen LogP contribution in [0.5, 0.6) is 5.75 Å².